The molecular formula is C9H19Cl2O6P. The summed E-state index contributed by atoms with van der Waals surface area (Å²) in [4.78, 5) is 0. The van der Waals surface area contributed by atoms with Crippen molar-refractivity contribution in [2.75, 3.05) is 25.0 Å². The summed E-state index contributed by atoms with van der Waals surface area (Å²) in [6.07, 6.45) is -2.20. The van der Waals surface area contributed by atoms with Gasteiger partial charge in [-0.1, -0.05) is 0 Å². The fourth-order valence-corrected chi connectivity index (χ4v) is 2.86. The molecule has 0 aliphatic rings. The summed E-state index contributed by atoms with van der Waals surface area (Å²) in [6.45, 7) is 2.14. The highest BCUT2D eigenvalue weighted by Gasteiger charge is 2.34. The SMILES string of the molecule is CC(CCl)OP(=O)(OC(C)CCl)OC(CO)CO. The maximum atomic E-state index is 12.3. The van der Waals surface area contributed by atoms with Crippen LogP contribution in [0.15, 0.2) is 0 Å². The minimum atomic E-state index is -3.94. The molecule has 0 bridgehead atoms. The van der Waals surface area contributed by atoms with Crippen LogP contribution in [0.1, 0.15) is 13.8 Å². The number of halogens is 2. The van der Waals surface area contributed by atoms with Crippen molar-refractivity contribution in [2.45, 2.75) is 32.2 Å². The highest BCUT2D eigenvalue weighted by molar-refractivity contribution is 7.48. The molecule has 0 aromatic carbocycles. The summed E-state index contributed by atoms with van der Waals surface area (Å²) in [7, 11) is -3.94. The third-order valence-electron chi connectivity index (χ3n) is 1.74. The topological polar surface area (TPSA) is 85.2 Å². The molecule has 2 unspecified atom stereocenters. The lowest BCUT2D eigenvalue weighted by atomic mass is 10.4. The minimum Gasteiger partial charge on any atom is -0.394 e. The van der Waals surface area contributed by atoms with Crippen molar-refractivity contribution in [3.05, 3.63) is 0 Å². The second-order valence-electron chi connectivity index (χ2n) is 3.68. The minimum absolute atomic E-state index is 0.0921. The van der Waals surface area contributed by atoms with Crippen LogP contribution in [-0.2, 0) is 18.1 Å². The van der Waals surface area contributed by atoms with Gasteiger partial charge >= 0.3 is 7.82 Å². The standard InChI is InChI=1S/C9H19Cl2O6P/c1-7(3-10)15-18(14,16-8(2)4-11)17-9(5-12)6-13/h7-9,12-13H,3-6H2,1-2H3. The number of rotatable bonds is 10. The van der Waals surface area contributed by atoms with E-state index >= 15 is 0 Å². The van der Waals surface area contributed by atoms with Gasteiger partial charge in [-0.15, -0.1) is 23.2 Å². The highest BCUT2D eigenvalue weighted by atomic mass is 35.5. The summed E-state index contributed by atoms with van der Waals surface area (Å²) in [5, 5.41) is 17.8. The predicted molar refractivity (Wildman–Crippen MR) is 69.2 cm³/mol. The Morgan fingerprint density at radius 1 is 1.00 bits per heavy atom. The largest absolute Gasteiger partial charge is 0.475 e. The Morgan fingerprint density at radius 2 is 1.39 bits per heavy atom. The van der Waals surface area contributed by atoms with Crippen molar-refractivity contribution >= 4 is 31.0 Å². The maximum absolute atomic E-state index is 12.3. The Hall–Kier alpha value is 0.610. The molecule has 110 valence electrons. The third-order valence-corrected chi connectivity index (χ3v) is 4.40. The van der Waals surface area contributed by atoms with E-state index < -0.39 is 39.3 Å². The van der Waals surface area contributed by atoms with E-state index in [4.69, 9.17) is 47.0 Å². The van der Waals surface area contributed by atoms with Crippen LogP contribution in [0, 0.1) is 0 Å². The summed E-state index contributed by atoms with van der Waals surface area (Å²) < 4.78 is 27.4. The zero-order chi connectivity index (χ0) is 14.2. The van der Waals surface area contributed by atoms with Crippen molar-refractivity contribution in [3.8, 4) is 0 Å². The van der Waals surface area contributed by atoms with E-state index in [1.807, 2.05) is 0 Å². The number of alkyl halides is 2. The van der Waals surface area contributed by atoms with Crippen molar-refractivity contribution < 1.29 is 28.3 Å². The zero-order valence-corrected chi connectivity index (χ0v) is 12.7. The monoisotopic (exact) mass is 324 g/mol. The average Bonchev–Trinajstić information content (AvgIpc) is 2.35. The molecule has 0 spiro atoms. The summed E-state index contributed by atoms with van der Waals surface area (Å²) in [5.41, 5.74) is 0. The number of phosphoric ester groups is 1. The van der Waals surface area contributed by atoms with Crippen molar-refractivity contribution in [2.24, 2.45) is 0 Å². The smallest absolute Gasteiger partial charge is 0.394 e. The molecule has 0 aromatic heterocycles. The molecule has 9 heteroatoms. The molecule has 0 amide bonds. The van der Waals surface area contributed by atoms with E-state index in [0.717, 1.165) is 0 Å². The van der Waals surface area contributed by atoms with Gasteiger partial charge in [0.2, 0.25) is 0 Å². The van der Waals surface area contributed by atoms with Crippen molar-refractivity contribution in [1.29, 1.82) is 0 Å². The number of hydrogen-bond acceptors (Lipinski definition) is 6. The molecule has 0 aromatic rings. The quantitative estimate of drug-likeness (QED) is 0.470. The number of hydrogen-bond donors (Lipinski definition) is 2. The molecule has 0 aliphatic heterocycles. The first-order valence-corrected chi connectivity index (χ1v) is 7.92. The Kier molecular flexibility index (Phi) is 9.83. The second kappa shape index (κ2) is 9.50. The molecule has 0 rings (SSSR count). The Bertz CT molecular complexity index is 247. The average molecular weight is 325 g/mol. The molecule has 0 saturated carbocycles. The van der Waals surface area contributed by atoms with Crippen LogP contribution in [0.25, 0.3) is 0 Å². The first kappa shape index (κ1) is 18.6. The van der Waals surface area contributed by atoms with Gasteiger partial charge in [0.05, 0.1) is 25.4 Å². The van der Waals surface area contributed by atoms with Gasteiger partial charge in [0.25, 0.3) is 0 Å². The summed E-state index contributed by atoms with van der Waals surface area (Å²) >= 11 is 11.1. The molecule has 0 heterocycles. The van der Waals surface area contributed by atoms with E-state index in [1.54, 1.807) is 13.8 Å². The van der Waals surface area contributed by atoms with Crippen molar-refractivity contribution in [1.82, 2.24) is 0 Å². The highest BCUT2D eigenvalue weighted by Crippen LogP contribution is 2.52. The molecule has 0 radical (unpaired) electrons. The lowest BCUT2D eigenvalue weighted by Gasteiger charge is -2.25. The zero-order valence-electron chi connectivity index (χ0n) is 10.3. The summed E-state index contributed by atoms with van der Waals surface area (Å²) in [5.74, 6) is 0.184. The molecule has 18 heavy (non-hydrogen) atoms. The Morgan fingerprint density at radius 3 is 1.67 bits per heavy atom. The van der Waals surface area contributed by atoms with Crippen LogP contribution in [0.2, 0.25) is 0 Å². The van der Waals surface area contributed by atoms with E-state index in [2.05, 4.69) is 0 Å². The van der Waals surface area contributed by atoms with Crippen LogP contribution in [0.4, 0.5) is 0 Å². The fraction of sp³-hybridized carbons (Fsp3) is 1.00. The van der Waals surface area contributed by atoms with Gasteiger partial charge in [-0.05, 0) is 13.8 Å². The van der Waals surface area contributed by atoms with E-state index in [0.29, 0.717) is 0 Å². The normalized spacial score (nSPS) is 18.6. The van der Waals surface area contributed by atoms with Crippen LogP contribution in [0.3, 0.4) is 0 Å². The number of phosphoric acid groups is 1. The van der Waals surface area contributed by atoms with Gasteiger partial charge < -0.3 is 10.2 Å². The summed E-state index contributed by atoms with van der Waals surface area (Å²) in [6, 6.07) is 0. The Labute approximate surface area is 117 Å². The number of aliphatic hydroxyl groups excluding tert-OH is 2. The predicted octanol–water partition coefficient (Wildman–Crippen LogP) is 1.75. The van der Waals surface area contributed by atoms with E-state index in [9.17, 15) is 4.57 Å². The molecular weight excluding hydrogens is 306 g/mol. The molecule has 0 saturated heterocycles. The lowest BCUT2D eigenvalue weighted by Crippen LogP contribution is -2.24. The van der Waals surface area contributed by atoms with Gasteiger partial charge in [-0.3, -0.25) is 13.6 Å². The molecule has 2 atom stereocenters. The lowest BCUT2D eigenvalue weighted by molar-refractivity contribution is 0.00471. The van der Waals surface area contributed by atoms with Gasteiger partial charge in [0, 0.05) is 11.8 Å². The molecule has 0 fully saturated rings. The molecule has 2 N–H and O–H groups in total. The fourth-order valence-electron chi connectivity index (χ4n) is 0.879. The van der Waals surface area contributed by atoms with Crippen LogP contribution < -0.4 is 0 Å². The van der Waals surface area contributed by atoms with E-state index in [1.165, 1.54) is 0 Å². The van der Waals surface area contributed by atoms with Crippen LogP contribution >= 0.6 is 31.0 Å². The van der Waals surface area contributed by atoms with Crippen LogP contribution in [-0.4, -0.2) is 53.5 Å². The maximum Gasteiger partial charge on any atom is 0.475 e. The van der Waals surface area contributed by atoms with Crippen molar-refractivity contribution in [3.63, 3.8) is 0 Å². The third kappa shape index (κ3) is 7.26. The molecule has 6 nitrogen and oxygen atoms in total. The van der Waals surface area contributed by atoms with Gasteiger partial charge in [-0.2, -0.15) is 0 Å². The van der Waals surface area contributed by atoms with Gasteiger partial charge in [0.15, 0.2) is 0 Å². The first-order chi connectivity index (χ1) is 8.40. The van der Waals surface area contributed by atoms with Gasteiger partial charge in [0.1, 0.15) is 6.10 Å². The Balaban J connectivity index is 4.73. The van der Waals surface area contributed by atoms with E-state index in [-0.39, 0.29) is 11.8 Å². The molecule has 0 aliphatic carbocycles. The van der Waals surface area contributed by atoms with Crippen LogP contribution in [0.5, 0.6) is 0 Å². The number of aliphatic hydroxyl groups is 2. The second-order valence-corrected chi connectivity index (χ2v) is 5.82. The van der Waals surface area contributed by atoms with Gasteiger partial charge in [-0.25, -0.2) is 4.57 Å². The first-order valence-electron chi connectivity index (χ1n) is 5.39.